The largest absolute Gasteiger partial charge is 0.280 e. The molecule has 0 spiro atoms. The molecule has 104 valence electrons. The predicted molar refractivity (Wildman–Crippen MR) is 76.3 cm³/mol. The summed E-state index contributed by atoms with van der Waals surface area (Å²) in [5, 5.41) is 0.0153. The van der Waals surface area contributed by atoms with Gasteiger partial charge in [0, 0.05) is 5.69 Å². The molecule has 1 aliphatic carbocycles. The van der Waals surface area contributed by atoms with Crippen molar-refractivity contribution in [3.8, 4) is 0 Å². The molecule has 1 aromatic heterocycles. The molecule has 0 amide bonds. The quantitative estimate of drug-likeness (QED) is 0.884. The second kappa shape index (κ2) is 5.03. The number of rotatable bonds is 3. The lowest BCUT2D eigenvalue weighted by molar-refractivity contribution is 0.600. The average molecular weight is 310 g/mol. The van der Waals surface area contributed by atoms with Gasteiger partial charge in [0.25, 0.3) is 10.0 Å². The number of sulfonamides is 1. The second-order valence-electron chi connectivity index (χ2n) is 4.63. The average Bonchev–Trinajstić information content (AvgIpc) is 2.86. The van der Waals surface area contributed by atoms with Crippen molar-refractivity contribution in [1.29, 1.82) is 0 Å². The molecule has 20 heavy (non-hydrogen) atoms. The Bertz CT molecular complexity index is 745. The normalized spacial score (nSPS) is 14.1. The molecule has 5 nitrogen and oxygen atoms in total. The maximum atomic E-state index is 12.2. The number of halogens is 1. The van der Waals surface area contributed by atoms with Crippen LogP contribution < -0.4 is 4.72 Å². The molecule has 1 aliphatic rings. The van der Waals surface area contributed by atoms with Crippen molar-refractivity contribution in [1.82, 2.24) is 9.97 Å². The highest BCUT2D eigenvalue weighted by Gasteiger charge is 2.17. The standard InChI is InChI=1S/C13H12ClN3O2S/c14-13-15-7-12(8-16-13)20(18,19)17-11-5-4-9-2-1-3-10(9)6-11/h4-8,17H,1-3H2. The van der Waals surface area contributed by atoms with Crippen LogP contribution >= 0.6 is 11.6 Å². The monoisotopic (exact) mass is 309 g/mol. The molecular weight excluding hydrogens is 298 g/mol. The maximum Gasteiger partial charge on any atom is 0.264 e. The van der Waals surface area contributed by atoms with Crippen molar-refractivity contribution >= 4 is 27.3 Å². The summed E-state index contributed by atoms with van der Waals surface area (Å²) in [4.78, 5) is 7.35. The third kappa shape index (κ3) is 2.62. The van der Waals surface area contributed by atoms with Crippen LogP contribution in [0.4, 0.5) is 5.69 Å². The molecule has 1 aromatic carbocycles. The van der Waals surface area contributed by atoms with E-state index >= 15 is 0 Å². The number of hydrogen-bond acceptors (Lipinski definition) is 4. The molecule has 1 heterocycles. The number of fused-ring (bicyclic) bond motifs is 1. The summed E-state index contributed by atoms with van der Waals surface area (Å²) in [6.45, 7) is 0. The van der Waals surface area contributed by atoms with Crippen molar-refractivity contribution in [2.24, 2.45) is 0 Å². The van der Waals surface area contributed by atoms with E-state index in [0.717, 1.165) is 19.3 Å². The van der Waals surface area contributed by atoms with Crippen molar-refractivity contribution in [2.45, 2.75) is 24.2 Å². The molecule has 0 saturated heterocycles. The molecular formula is C13H12ClN3O2S. The smallest absolute Gasteiger partial charge is 0.264 e. The molecule has 0 atom stereocenters. The summed E-state index contributed by atoms with van der Waals surface area (Å²) in [7, 11) is -3.68. The number of nitrogens with one attached hydrogen (secondary N) is 1. The Kier molecular flexibility index (Phi) is 3.35. The summed E-state index contributed by atoms with van der Waals surface area (Å²) in [6.07, 6.45) is 5.55. The molecule has 3 rings (SSSR count). The number of aryl methyl sites for hydroxylation is 2. The van der Waals surface area contributed by atoms with Crippen LogP contribution in [-0.2, 0) is 22.9 Å². The van der Waals surface area contributed by atoms with Crippen LogP contribution in [0.25, 0.3) is 0 Å². The van der Waals surface area contributed by atoms with E-state index in [4.69, 9.17) is 11.6 Å². The van der Waals surface area contributed by atoms with Crippen LogP contribution in [0.2, 0.25) is 5.28 Å². The maximum absolute atomic E-state index is 12.2. The number of nitrogens with zero attached hydrogens (tertiary/aromatic N) is 2. The Balaban J connectivity index is 1.88. The summed E-state index contributed by atoms with van der Waals surface area (Å²) in [6, 6.07) is 5.63. The molecule has 0 fully saturated rings. The second-order valence-corrected chi connectivity index (χ2v) is 6.65. The highest BCUT2D eigenvalue weighted by molar-refractivity contribution is 7.92. The van der Waals surface area contributed by atoms with E-state index < -0.39 is 10.0 Å². The van der Waals surface area contributed by atoms with Crippen molar-refractivity contribution < 1.29 is 8.42 Å². The summed E-state index contributed by atoms with van der Waals surface area (Å²) in [5.74, 6) is 0. The third-order valence-corrected chi connectivity index (χ3v) is 4.79. The van der Waals surface area contributed by atoms with E-state index in [0.29, 0.717) is 5.69 Å². The number of aromatic nitrogens is 2. The van der Waals surface area contributed by atoms with Crippen molar-refractivity contribution in [3.63, 3.8) is 0 Å². The van der Waals surface area contributed by atoms with Crippen LogP contribution in [0, 0.1) is 0 Å². The molecule has 7 heteroatoms. The predicted octanol–water partition coefficient (Wildman–Crippen LogP) is 2.42. The van der Waals surface area contributed by atoms with Gasteiger partial charge in [0.2, 0.25) is 5.28 Å². The van der Waals surface area contributed by atoms with Gasteiger partial charge in [0.1, 0.15) is 4.90 Å². The first kappa shape index (κ1) is 13.3. The van der Waals surface area contributed by atoms with Crippen LogP contribution in [0.1, 0.15) is 17.5 Å². The fourth-order valence-corrected chi connectivity index (χ4v) is 3.32. The minimum Gasteiger partial charge on any atom is -0.280 e. The van der Waals surface area contributed by atoms with E-state index in [-0.39, 0.29) is 10.2 Å². The fourth-order valence-electron chi connectivity index (χ4n) is 2.29. The highest BCUT2D eigenvalue weighted by Crippen LogP contribution is 2.26. The van der Waals surface area contributed by atoms with Gasteiger partial charge >= 0.3 is 0 Å². The van der Waals surface area contributed by atoms with Crippen LogP contribution in [0.3, 0.4) is 0 Å². The van der Waals surface area contributed by atoms with E-state index in [1.807, 2.05) is 12.1 Å². The van der Waals surface area contributed by atoms with Gasteiger partial charge in [-0.05, 0) is 54.1 Å². The van der Waals surface area contributed by atoms with Gasteiger partial charge in [-0.2, -0.15) is 0 Å². The molecule has 0 unspecified atom stereocenters. The molecule has 1 N–H and O–H groups in total. The molecule has 2 aromatic rings. The Labute approximate surface area is 122 Å². The summed E-state index contributed by atoms with van der Waals surface area (Å²) >= 11 is 5.55. The zero-order valence-electron chi connectivity index (χ0n) is 10.5. The minimum absolute atomic E-state index is 0.0117. The summed E-state index contributed by atoms with van der Waals surface area (Å²) in [5.41, 5.74) is 3.06. The van der Waals surface area contributed by atoms with Gasteiger partial charge in [-0.3, -0.25) is 4.72 Å². The lowest BCUT2D eigenvalue weighted by Gasteiger charge is -2.09. The minimum atomic E-state index is -3.68. The Morgan fingerprint density at radius 1 is 1.10 bits per heavy atom. The topological polar surface area (TPSA) is 72.0 Å². The first-order valence-corrected chi connectivity index (χ1v) is 8.03. The van der Waals surface area contributed by atoms with Gasteiger partial charge in [0.05, 0.1) is 12.4 Å². The van der Waals surface area contributed by atoms with Gasteiger partial charge in [-0.25, -0.2) is 18.4 Å². The van der Waals surface area contributed by atoms with E-state index in [2.05, 4.69) is 14.7 Å². The third-order valence-electron chi connectivity index (χ3n) is 3.26. The SMILES string of the molecule is O=S(=O)(Nc1ccc2c(c1)CCC2)c1cnc(Cl)nc1. The van der Waals surface area contributed by atoms with Crippen LogP contribution in [0.15, 0.2) is 35.5 Å². The lowest BCUT2D eigenvalue weighted by atomic mass is 10.1. The van der Waals surface area contributed by atoms with Crippen LogP contribution in [-0.4, -0.2) is 18.4 Å². The molecule has 0 aliphatic heterocycles. The number of benzene rings is 1. The zero-order chi connectivity index (χ0) is 14.2. The van der Waals surface area contributed by atoms with E-state index in [1.54, 1.807) is 6.07 Å². The highest BCUT2D eigenvalue weighted by atomic mass is 35.5. The van der Waals surface area contributed by atoms with E-state index in [9.17, 15) is 8.42 Å². The zero-order valence-corrected chi connectivity index (χ0v) is 12.1. The Hall–Kier alpha value is -1.66. The van der Waals surface area contributed by atoms with Crippen molar-refractivity contribution in [2.75, 3.05) is 4.72 Å². The number of anilines is 1. The summed E-state index contributed by atoms with van der Waals surface area (Å²) < 4.78 is 26.9. The lowest BCUT2D eigenvalue weighted by Crippen LogP contribution is -2.13. The van der Waals surface area contributed by atoms with Crippen molar-refractivity contribution in [3.05, 3.63) is 47.0 Å². The van der Waals surface area contributed by atoms with Gasteiger partial charge < -0.3 is 0 Å². The van der Waals surface area contributed by atoms with E-state index in [1.165, 1.54) is 23.5 Å². The molecule has 0 saturated carbocycles. The first-order chi connectivity index (χ1) is 9.54. The molecule has 0 bridgehead atoms. The van der Waals surface area contributed by atoms with Crippen LogP contribution in [0.5, 0.6) is 0 Å². The Morgan fingerprint density at radius 2 is 1.80 bits per heavy atom. The van der Waals surface area contributed by atoms with Gasteiger partial charge in [-0.15, -0.1) is 0 Å². The fraction of sp³-hybridized carbons (Fsp3) is 0.231. The van der Waals surface area contributed by atoms with Gasteiger partial charge in [0.15, 0.2) is 0 Å². The molecule has 0 radical (unpaired) electrons. The van der Waals surface area contributed by atoms with Gasteiger partial charge in [-0.1, -0.05) is 6.07 Å². The Morgan fingerprint density at radius 3 is 2.55 bits per heavy atom. The first-order valence-electron chi connectivity index (χ1n) is 6.17. The number of hydrogen-bond donors (Lipinski definition) is 1.